The van der Waals surface area contributed by atoms with Gasteiger partial charge in [0.15, 0.2) is 5.75 Å². The molecule has 0 saturated heterocycles. The van der Waals surface area contributed by atoms with Gasteiger partial charge in [-0.1, -0.05) is 0 Å². The van der Waals surface area contributed by atoms with Crippen LogP contribution in [-0.4, -0.2) is 46.0 Å². The van der Waals surface area contributed by atoms with Gasteiger partial charge in [-0.05, 0) is 6.92 Å². The fourth-order valence-electron chi connectivity index (χ4n) is 1.60. The molecule has 0 aliphatic rings. The molecule has 3 aromatic rings. The largest absolute Gasteiger partial charge is 0.421 e. The van der Waals surface area contributed by atoms with E-state index in [1.807, 2.05) is 6.92 Å². The Bertz CT molecular complexity index is 721. The lowest BCUT2D eigenvalue weighted by atomic mass is 10.6. The van der Waals surface area contributed by atoms with Crippen LogP contribution in [0, 0.1) is 0 Å². The van der Waals surface area contributed by atoms with Crippen LogP contribution >= 0.6 is 0 Å². The molecule has 3 rings (SSSR count). The van der Waals surface area contributed by atoms with Gasteiger partial charge in [0, 0.05) is 13.6 Å². The summed E-state index contributed by atoms with van der Waals surface area (Å²) < 4.78 is 8.63. The molecule has 1 N–H and O–H groups in total. The molecule has 10 heteroatoms. The van der Waals surface area contributed by atoms with E-state index in [9.17, 15) is 0 Å². The fraction of sp³-hybridized carbons (Fsp3) is 0.273. The van der Waals surface area contributed by atoms with E-state index in [-0.39, 0.29) is 6.01 Å². The summed E-state index contributed by atoms with van der Waals surface area (Å²) in [6, 6.07) is 0.152. The van der Waals surface area contributed by atoms with Crippen LogP contribution < -0.4 is 10.1 Å². The van der Waals surface area contributed by atoms with Gasteiger partial charge in [0.25, 0.3) is 5.95 Å². The maximum Gasteiger partial charge on any atom is 0.328 e. The Hall–Kier alpha value is -3.04. The van der Waals surface area contributed by atoms with Crippen molar-refractivity contribution in [3.63, 3.8) is 0 Å². The Morgan fingerprint density at radius 2 is 2.14 bits per heavy atom. The number of rotatable bonds is 5. The van der Waals surface area contributed by atoms with Gasteiger partial charge >= 0.3 is 6.01 Å². The Morgan fingerprint density at radius 1 is 1.24 bits per heavy atom. The molecule has 0 radical (unpaired) electrons. The Morgan fingerprint density at radius 3 is 2.81 bits per heavy atom. The number of nitrogens with one attached hydrogen (secondary N) is 1. The first-order valence-corrected chi connectivity index (χ1v) is 6.26. The maximum atomic E-state index is 5.58. The van der Waals surface area contributed by atoms with Gasteiger partial charge in [0.1, 0.15) is 12.7 Å². The third-order valence-electron chi connectivity index (χ3n) is 2.45. The predicted octanol–water partition coefficient (Wildman–Crippen LogP) is 0.410. The summed E-state index contributed by atoms with van der Waals surface area (Å²) in [4.78, 5) is 16.5. The zero-order valence-electron chi connectivity index (χ0n) is 11.5. The predicted molar refractivity (Wildman–Crippen MR) is 72.2 cm³/mol. The van der Waals surface area contributed by atoms with Gasteiger partial charge in [-0.3, -0.25) is 4.68 Å². The van der Waals surface area contributed by atoms with Crippen LogP contribution in [-0.2, 0) is 7.05 Å². The molecule has 108 valence electrons. The molecule has 3 aromatic heterocycles. The van der Waals surface area contributed by atoms with Crippen molar-refractivity contribution in [2.45, 2.75) is 6.92 Å². The number of hydrogen-bond donors (Lipinski definition) is 1. The lowest BCUT2D eigenvalue weighted by Crippen LogP contribution is -2.09. The van der Waals surface area contributed by atoms with Crippen molar-refractivity contribution < 1.29 is 4.74 Å². The Labute approximate surface area is 119 Å². The lowest BCUT2D eigenvalue weighted by Gasteiger charge is -2.07. The normalized spacial score (nSPS) is 10.6. The molecule has 3 heterocycles. The first-order chi connectivity index (χ1) is 10.2. The van der Waals surface area contributed by atoms with E-state index in [0.717, 1.165) is 0 Å². The second-order valence-electron chi connectivity index (χ2n) is 4.06. The zero-order chi connectivity index (χ0) is 14.7. The molecule has 10 nitrogen and oxygen atoms in total. The van der Waals surface area contributed by atoms with Crippen LogP contribution in [0.25, 0.3) is 5.95 Å². The quantitative estimate of drug-likeness (QED) is 0.718. The average molecular weight is 287 g/mol. The maximum absolute atomic E-state index is 5.58. The van der Waals surface area contributed by atoms with Gasteiger partial charge in [0.05, 0.1) is 12.4 Å². The van der Waals surface area contributed by atoms with Crippen molar-refractivity contribution in [3.05, 3.63) is 25.0 Å². The molecule has 0 amide bonds. The molecule has 0 spiro atoms. The van der Waals surface area contributed by atoms with Crippen LogP contribution in [0.3, 0.4) is 0 Å². The van der Waals surface area contributed by atoms with E-state index in [4.69, 9.17) is 4.74 Å². The average Bonchev–Trinajstić information content (AvgIpc) is 3.11. The summed E-state index contributed by atoms with van der Waals surface area (Å²) in [7, 11) is 1.80. The molecule has 0 unspecified atom stereocenters. The first kappa shape index (κ1) is 13.0. The van der Waals surface area contributed by atoms with Gasteiger partial charge in [-0.2, -0.15) is 29.8 Å². The number of aryl methyl sites for hydroxylation is 1. The molecule has 0 bridgehead atoms. The SMILES string of the molecule is CCNc1nc(Oc2cnn(C)c2)nc(-n2cncn2)n1. The fourth-order valence-corrected chi connectivity index (χ4v) is 1.60. The van der Waals surface area contributed by atoms with Crippen molar-refractivity contribution in [3.8, 4) is 17.7 Å². The minimum absolute atomic E-state index is 0.152. The number of hydrogen-bond acceptors (Lipinski definition) is 8. The molecular weight excluding hydrogens is 274 g/mol. The van der Waals surface area contributed by atoms with E-state index in [0.29, 0.717) is 24.2 Å². The summed E-state index contributed by atoms with van der Waals surface area (Å²) in [5.74, 6) is 1.25. The highest BCUT2D eigenvalue weighted by Crippen LogP contribution is 2.18. The van der Waals surface area contributed by atoms with Crippen LogP contribution in [0.1, 0.15) is 6.92 Å². The van der Waals surface area contributed by atoms with E-state index in [1.165, 1.54) is 17.3 Å². The number of aromatic nitrogens is 8. The highest BCUT2D eigenvalue weighted by Gasteiger charge is 2.11. The number of ether oxygens (including phenoxy) is 1. The van der Waals surface area contributed by atoms with Crippen molar-refractivity contribution in [2.75, 3.05) is 11.9 Å². The van der Waals surface area contributed by atoms with Crippen LogP contribution in [0.5, 0.6) is 11.8 Å². The molecule has 0 aromatic carbocycles. The number of anilines is 1. The van der Waals surface area contributed by atoms with Crippen LogP contribution in [0.15, 0.2) is 25.0 Å². The topological polar surface area (TPSA) is 108 Å². The van der Waals surface area contributed by atoms with Gasteiger partial charge < -0.3 is 10.1 Å². The van der Waals surface area contributed by atoms with Crippen molar-refractivity contribution in [1.82, 2.24) is 39.5 Å². The Balaban J connectivity index is 1.95. The highest BCUT2D eigenvalue weighted by molar-refractivity contribution is 5.31. The third kappa shape index (κ3) is 2.94. The van der Waals surface area contributed by atoms with Gasteiger partial charge in [0.2, 0.25) is 5.95 Å². The summed E-state index contributed by atoms with van der Waals surface area (Å²) in [5, 5.41) is 11.0. The van der Waals surface area contributed by atoms with Crippen molar-refractivity contribution in [2.24, 2.45) is 7.05 Å². The second-order valence-corrected chi connectivity index (χ2v) is 4.06. The van der Waals surface area contributed by atoms with Crippen molar-refractivity contribution >= 4 is 5.95 Å². The summed E-state index contributed by atoms with van der Waals surface area (Å²) >= 11 is 0. The summed E-state index contributed by atoms with van der Waals surface area (Å²) in [6.07, 6.45) is 6.19. The molecule has 0 aliphatic carbocycles. The summed E-state index contributed by atoms with van der Waals surface area (Å²) in [5.41, 5.74) is 0. The standard InChI is InChI=1S/C11H13N9O/c1-3-13-9-16-10(20-7-12-6-15-20)18-11(17-9)21-8-4-14-19(2)5-8/h4-7H,3H2,1-2H3,(H,13,16,17,18). The van der Waals surface area contributed by atoms with E-state index < -0.39 is 0 Å². The molecular formula is C11H13N9O. The van der Waals surface area contributed by atoms with E-state index >= 15 is 0 Å². The minimum Gasteiger partial charge on any atom is -0.421 e. The smallest absolute Gasteiger partial charge is 0.328 e. The molecule has 21 heavy (non-hydrogen) atoms. The van der Waals surface area contributed by atoms with Gasteiger partial charge in [-0.25, -0.2) is 4.98 Å². The lowest BCUT2D eigenvalue weighted by molar-refractivity contribution is 0.437. The summed E-state index contributed by atoms with van der Waals surface area (Å²) in [6.45, 7) is 2.62. The first-order valence-electron chi connectivity index (χ1n) is 6.26. The molecule has 0 saturated carbocycles. The Kier molecular flexibility index (Phi) is 3.41. The third-order valence-corrected chi connectivity index (χ3v) is 2.45. The van der Waals surface area contributed by atoms with Crippen LogP contribution in [0.2, 0.25) is 0 Å². The van der Waals surface area contributed by atoms with Crippen LogP contribution in [0.4, 0.5) is 5.95 Å². The van der Waals surface area contributed by atoms with Gasteiger partial charge in [-0.15, -0.1) is 0 Å². The molecule has 0 aliphatic heterocycles. The monoisotopic (exact) mass is 287 g/mol. The number of nitrogens with zero attached hydrogens (tertiary/aromatic N) is 8. The highest BCUT2D eigenvalue weighted by atomic mass is 16.5. The second kappa shape index (κ2) is 5.53. The molecule has 0 fully saturated rings. The zero-order valence-corrected chi connectivity index (χ0v) is 11.5. The van der Waals surface area contributed by atoms with E-state index in [2.05, 4.69) is 35.5 Å². The van der Waals surface area contributed by atoms with E-state index in [1.54, 1.807) is 24.1 Å². The van der Waals surface area contributed by atoms with Crippen molar-refractivity contribution in [1.29, 1.82) is 0 Å². The minimum atomic E-state index is 0.152. The molecule has 0 atom stereocenters.